The fourth-order valence-corrected chi connectivity index (χ4v) is 3.49. The molecule has 1 heterocycles. The van der Waals surface area contributed by atoms with Gasteiger partial charge in [-0.15, -0.1) is 11.3 Å². The molecule has 108 valence electrons. The summed E-state index contributed by atoms with van der Waals surface area (Å²) in [5, 5.41) is 3.40. The van der Waals surface area contributed by atoms with Crippen molar-refractivity contribution in [1.29, 1.82) is 0 Å². The first-order valence-corrected chi connectivity index (χ1v) is 8.11. The van der Waals surface area contributed by atoms with E-state index in [-0.39, 0.29) is 6.04 Å². The predicted octanol–water partition coefficient (Wildman–Crippen LogP) is 6.02. The van der Waals surface area contributed by atoms with Crippen molar-refractivity contribution >= 4 is 40.2 Å². The molecular weight excluding hydrogens is 313 g/mol. The molecule has 2 rings (SSSR count). The second-order valence-electron chi connectivity index (χ2n) is 4.52. The van der Waals surface area contributed by atoms with Gasteiger partial charge in [-0.3, -0.25) is 0 Å². The number of rotatable bonds is 6. The van der Waals surface area contributed by atoms with Crippen LogP contribution in [0.5, 0.6) is 5.75 Å². The molecule has 2 nitrogen and oxygen atoms in total. The smallest absolute Gasteiger partial charge is 0.119 e. The minimum absolute atomic E-state index is 0.105. The summed E-state index contributed by atoms with van der Waals surface area (Å²) in [5.74, 6) is 0.890. The molecule has 0 spiro atoms. The van der Waals surface area contributed by atoms with Gasteiger partial charge in [0.2, 0.25) is 0 Å². The minimum Gasteiger partial charge on any atom is -0.494 e. The predicted molar refractivity (Wildman–Crippen MR) is 88.6 cm³/mol. The molecule has 0 fully saturated rings. The topological polar surface area (TPSA) is 21.3 Å². The van der Waals surface area contributed by atoms with Gasteiger partial charge in [0.05, 0.1) is 21.3 Å². The fourth-order valence-electron chi connectivity index (χ4n) is 1.84. The maximum Gasteiger partial charge on any atom is 0.119 e. The number of benzene rings is 1. The van der Waals surface area contributed by atoms with Crippen LogP contribution in [0.1, 0.15) is 31.9 Å². The minimum atomic E-state index is 0.105. The Morgan fingerprint density at radius 1 is 1.25 bits per heavy atom. The highest BCUT2D eigenvalue weighted by Gasteiger charge is 2.13. The number of halogens is 2. The monoisotopic (exact) mass is 329 g/mol. The summed E-state index contributed by atoms with van der Waals surface area (Å²) in [6.07, 6.45) is 1.01. The Hall–Kier alpha value is -0.900. The Morgan fingerprint density at radius 2 is 1.95 bits per heavy atom. The zero-order chi connectivity index (χ0) is 14.5. The second-order valence-corrected chi connectivity index (χ2v) is 6.80. The lowest BCUT2D eigenvalue weighted by molar-refractivity contribution is 0.317. The normalized spacial score (nSPS) is 12.2. The average Bonchev–Trinajstić information content (AvgIpc) is 2.77. The zero-order valence-corrected chi connectivity index (χ0v) is 13.8. The molecule has 0 aliphatic carbocycles. The number of thiophene rings is 1. The number of nitrogens with one attached hydrogen (secondary N) is 1. The maximum atomic E-state index is 6.16. The van der Waals surface area contributed by atoms with Gasteiger partial charge in [0, 0.05) is 11.3 Å². The molecule has 0 aliphatic rings. The first-order chi connectivity index (χ1) is 9.60. The van der Waals surface area contributed by atoms with Gasteiger partial charge >= 0.3 is 0 Å². The van der Waals surface area contributed by atoms with Gasteiger partial charge in [0.15, 0.2) is 0 Å². The van der Waals surface area contributed by atoms with Gasteiger partial charge in [-0.05, 0) is 43.7 Å². The Balaban J connectivity index is 2.00. The summed E-state index contributed by atoms with van der Waals surface area (Å²) in [5.41, 5.74) is 2.05. The summed E-state index contributed by atoms with van der Waals surface area (Å²) in [4.78, 5) is 0. The fraction of sp³-hybridized carbons (Fsp3) is 0.333. The van der Waals surface area contributed by atoms with Crippen molar-refractivity contribution in [2.45, 2.75) is 26.3 Å². The van der Waals surface area contributed by atoms with E-state index in [0.717, 1.165) is 34.4 Å². The zero-order valence-electron chi connectivity index (χ0n) is 11.5. The molecule has 5 heteroatoms. The van der Waals surface area contributed by atoms with Crippen LogP contribution in [0, 0.1) is 0 Å². The molecule has 0 saturated heterocycles. The molecule has 1 N–H and O–H groups in total. The van der Waals surface area contributed by atoms with E-state index in [4.69, 9.17) is 27.9 Å². The van der Waals surface area contributed by atoms with E-state index in [0.29, 0.717) is 4.34 Å². The lowest BCUT2D eigenvalue weighted by Gasteiger charge is -2.15. The Morgan fingerprint density at radius 3 is 2.50 bits per heavy atom. The Labute approximate surface area is 133 Å². The molecule has 1 unspecified atom stereocenters. The quantitative estimate of drug-likeness (QED) is 0.699. The third-order valence-electron chi connectivity index (χ3n) is 2.86. The highest BCUT2D eigenvalue weighted by molar-refractivity contribution is 7.20. The largest absolute Gasteiger partial charge is 0.494 e. The van der Waals surface area contributed by atoms with Crippen molar-refractivity contribution in [2.24, 2.45) is 0 Å². The van der Waals surface area contributed by atoms with Crippen molar-refractivity contribution in [3.05, 3.63) is 44.6 Å². The van der Waals surface area contributed by atoms with Gasteiger partial charge in [-0.25, -0.2) is 0 Å². The molecule has 1 atom stereocenters. The number of anilines is 1. The molecule has 2 aromatic rings. The van der Waals surface area contributed by atoms with Crippen molar-refractivity contribution < 1.29 is 4.74 Å². The molecule has 0 aliphatic heterocycles. The summed E-state index contributed by atoms with van der Waals surface area (Å²) < 4.78 is 7.00. The van der Waals surface area contributed by atoms with Crippen LogP contribution in [-0.4, -0.2) is 6.61 Å². The molecular formula is C15H17Cl2NOS. The van der Waals surface area contributed by atoms with Gasteiger partial charge < -0.3 is 10.1 Å². The highest BCUT2D eigenvalue weighted by atomic mass is 35.5. The SMILES string of the molecule is CCCOc1ccc(NC(C)c2cc(Cl)sc2Cl)cc1. The van der Waals surface area contributed by atoms with E-state index in [1.54, 1.807) is 0 Å². The van der Waals surface area contributed by atoms with E-state index in [2.05, 4.69) is 19.2 Å². The standard InChI is InChI=1S/C15H17Cl2NOS/c1-3-8-19-12-6-4-11(5-7-12)18-10(2)13-9-14(16)20-15(13)17/h4-7,9-10,18H,3,8H2,1-2H3. The van der Waals surface area contributed by atoms with Gasteiger partial charge in [0.1, 0.15) is 5.75 Å². The van der Waals surface area contributed by atoms with Crippen LogP contribution in [0.2, 0.25) is 8.67 Å². The highest BCUT2D eigenvalue weighted by Crippen LogP contribution is 2.36. The van der Waals surface area contributed by atoms with Gasteiger partial charge in [-0.2, -0.15) is 0 Å². The van der Waals surface area contributed by atoms with Gasteiger partial charge in [0.25, 0.3) is 0 Å². The van der Waals surface area contributed by atoms with Crippen LogP contribution in [-0.2, 0) is 0 Å². The summed E-state index contributed by atoms with van der Waals surface area (Å²) in [6, 6.07) is 9.95. The van der Waals surface area contributed by atoms with Gasteiger partial charge in [-0.1, -0.05) is 30.1 Å². The maximum absolute atomic E-state index is 6.16. The van der Waals surface area contributed by atoms with Crippen molar-refractivity contribution in [1.82, 2.24) is 0 Å². The Kier molecular flexibility index (Phi) is 5.58. The molecule has 1 aromatic carbocycles. The first kappa shape index (κ1) is 15.5. The summed E-state index contributed by atoms with van der Waals surface area (Å²) >= 11 is 13.5. The van der Waals surface area contributed by atoms with E-state index in [1.807, 2.05) is 30.3 Å². The van der Waals surface area contributed by atoms with Crippen LogP contribution < -0.4 is 10.1 Å². The average molecular weight is 330 g/mol. The van der Waals surface area contributed by atoms with Crippen LogP contribution in [0.15, 0.2) is 30.3 Å². The molecule has 0 saturated carbocycles. The molecule has 0 amide bonds. The number of hydrogen-bond donors (Lipinski definition) is 1. The van der Waals surface area contributed by atoms with Crippen LogP contribution in [0.4, 0.5) is 5.69 Å². The molecule has 1 aromatic heterocycles. The van der Waals surface area contributed by atoms with Crippen LogP contribution >= 0.6 is 34.5 Å². The van der Waals surface area contributed by atoms with Crippen molar-refractivity contribution in [3.8, 4) is 5.75 Å². The second kappa shape index (κ2) is 7.21. The summed E-state index contributed by atoms with van der Waals surface area (Å²) in [6.45, 7) is 4.89. The van der Waals surface area contributed by atoms with E-state index in [9.17, 15) is 0 Å². The lowest BCUT2D eigenvalue weighted by atomic mass is 10.1. The number of ether oxygens (including phenoxy) is 1. The number of hydrogen-bond acceptors (Lipinski definition) is 3. The van der Waals surface area contributed by atoms with Crippen LogP contribution in [0.25, 0.3) is 0 Å². The van der Waals surface area contributed by atoms with Crippen LogP contribution in [0.3, 0.4) is 0 Å². The Bertz CT molecular complexity index is 554. The lowest BCUT2D eigenvalue weighted by Crippen LogP contribution is -2.06. The molecule has 0 radical (unpaired) electrons. The van der Waals surface area contributed by atoms with E-state index < -0.39 is 0 Å². The van der Waals surface area contributed by atoms with Crippen molar-refractivity contribution in [2.75, 3.05) is 11.9 Å². The molecule has 20 heavy (non-hydrogen) atoms. The third kappa shape index (κ3) is 4.05. The molecule has 0 bridgehead atoms. The van der Waals surface area contributed by atoms with E-state index >= 15 is 0 Å². The first-order valence-electron chi connectivity index (χ1n) is 6.54. The van der Waals surface area contributed by atoms with E-state index in [1.165, 1.54) is 11.3 Å². The third-order valence-corrected chi connectivity index (χ3v) is 4.38. The summed E-state index contributed by atoms with van der Waals surface area (Å²) in [7, 11) is 0. The van der Waals surface area contributed by atoms with Crippen molar-refractivity contribution in [3.63, 3.8) is 0 Å².